The third kappa shape index (κ3) is 2.65. The normalized spacial score (nSPS) is 11.2. The molecule has 0 atom stereocenters. The van der Waals surface area contributed by atoms with Crippen molar-refractivity contribution in [2.24, 2.45) is 0 Å². The van der Waals surface area contributed by atoms with E-state index in [1.165, 1.54) is 9.58 Å². The topological polar surface area (TPSA) is 66.5 Å². The lowest BCUT2D eigenvalue weighted by atomic mass is 10.3. The number of nitrogens with zero attached hydrogens (tertiary/aromatic N) is 2. The van der Waals surface area contributed by atoms with E-state index in [0.717, 1.165) is 22.3 Å². The van der Waals surface area contributed by atoms with Crippen molar-refractivity contribution in [1.82, 2.24) is 19.7 Å². The highest BCUT2D eigenvalue weighted by molar-refractivity contribution is 7.98. The maximum atomic E-state index is 12.5. The number of imidazole rings is 1. The zero-order valence-electron chi connectivity index (χ0n) is 13.1. The lowest BCUT2D eigenvalue weighted by molar-refractivity contribution is 0.789. The molecular formula is C18H16N4OS. The Labute approximate surface area is 142 Å². The van der Waals surface area contributed by atoms with Crippen LogP contribution in [0.4, 0.5) is 0 Å². The van der Waals surface area contributed by atoms with Gasteiger partial charge in [-0.1, -0.05) is 30.3 Å². The van der Waals surface area contributed by atoms with Gasteiger partial charge in [-0.25, -0.2) is 4.98 Å². The molecule has 2 aromatic carbocycles. The quantitative estimate of drug-likeness (QED) is 0.559. The first-order valence-electron chi connectivity index (χ1n) is 7.66. The van der Waals surface area contributed by atoms with E-state index in [1.807, 2.05) is 49.4 Å². The summed E-state index contributed by atoms with van der Waals surface area (Å²) in [7, 11) is 0. The number of aromatic nitrogens is 4. The monoisotopic (exact) mass is 336 g/mol. The number of hydrogen-bond acceptors (Lipinski definition) is 3. The Kier molecular flexibility index (Phi) is 3.74. The molecule has 0 fully saturated rings. The van der Waals surface area contributed by atoms with Gasteiger partial charge in [0, 0.05) is 16.2 Å². The number of para-hydroxylation sites is 2. The third-order valence-corrected chi connectivity index (χ3v) is 4.98. The molecule has 0 spiro atoms. The summed E-state index contributed by atoms with van der Waals surface area (Å²) < 4.78 is 1.48. The molecule has 0 aliphatic carbocycles. The van der Waals surface area contributed by atoms with E-state index >= 15 is 0 Å². The molecule has 2 N–H and O–H groups in total. The third-order valence-electron chi connectivity index (χ3n) is 3.94. The van der Waals surface area contributed by atoms with Crippen molar-refractivity contribution < 1.29 is 0 Å². The second-order valence-electron chi connectivity index (χ2n) is 5.54. The van der Waals surface area contributed by atoms with Crippen LogP contribution in [0.3, 0.4) is 0 Å². The SMILES string of the molecule is Cc1c(CSc2ccccc2)[nH]n(-c2nc3ccccc3[nH]2)c1=O. The van der Waals surface area contributed by atoms with Gasteiger partial charge in [0.2, 0.25) is 5.95 Å². The van der Waals surface area contributed by atoms with Crippen molar-refractivity contribution in [3.8, 4) is 5.95 Å². The Morgan fingerprint density at radius 2 is 1.83 bits per heavy atom. The van der Waals surface area contributed by atoms with Crippen molar-refractivity contribution >= 4 is 22.8 Å². The number of thioether (sulfide) groups is 1. The molecule has 0 saturated carbocycles. The van der Waals surface area contributed by atoms with Gasteiger partial charge in [-0.3, -0.25) is 9.89 Å². The van der Waals surface area contributed by atoms with E-state index in [4.69, 9.17) is 0 Å². The van der Waals surface area contributed by atoms with Crippen LogP contribution in [0, 0.1) is 6.92 Å². The molecule has 0 aliphatic rings. The highest BCUT2D eigenvalue weighted by Crippen LogP contribution is 2.22. The number of rotatable bonds is 4. The smallest absolute Gasteiger partial charge is 0.277 e. The molecule has 120 valence electrons. The van der Waals surface area contributed by atoms with Gasteiger partial charge in [-0.05, 0) is 31.2 Å². The van der Waals surface area contributed by atoms with Gasteiger partial charge in [0.15, 0.2) is 0 Å². The maximum absolute atomic E-state index is 12.5. The van der Waals surface area contributed by atoms with Crippen molar-refractivity contribution in [3.63, 3.8) is 0 Å². The van der Waals surface area contributed by atoms with Gasteiger partial charge in [0.25, 0.3) is 5.56 Å². The molecule has 2 aromatic heterocycles. The molecule has 4 aromatic rings. The van der Waals surface area contributed by atoms with E-state index in [2.05, 4.69) is 27.2 Å². The molecule has 0 saturated heterocycles. The minimum Gasteiger partial charge on any atom is -0.322 e. The highest BCUT2D eigenvalue weighted by atomic mass is 32.2. The Hall–Kier alpha value is -2.73. The van der Waals surface area contributed by atoms with Crippen LogP contribution >= 0.6 is 11.8 Å². The molecule has 5 nitrogen and oxygen atoms in total. The van der Waals surface area contributed by atoms with E-state index < -0.39 is 0 Å². The van der Waals surface area contributed by atoms with Gasteiger partial charge in [-0.15, -0.1) is 11.8 Å². The van der Waals surface area contributed by atoms with Crippen LogP contribution in [0.25, 0.3) is 17.0 Å². The molecule has 0 radical (unpaired) electrons. The van der Waals surface area contributed by atoms with Crippen LogP contribution in [0.5, 0.6) is 0 Å². The Bertz CT molecular complexity index is 1010. The first-order chi connectivity index (χ1) is 11.7. The minimum absolute atomic E-state index is 0.0716. The highest BCUT2D eigenvalue weighted by Gasteiger charge is 2.14. The van der Waals surface area contributed by atoms with Crippen LogP contribution in [0.1, 0.15) is 11.3 Å². The van der Waals surface area contributed by atoms with Crippen molar-refractivity contribution in [2.75, 3.05) is 0 Å². The molecule has 6 heteroatoms. The molecule has 0 aliphatic heterocycles. The van der Waals surface area contributed by atoms with Gasteiger partial charge in [0.1, 0.15) is 0 Å². The van der Waals surface area contributed by atoms with E-state index in [-0.39, 0.29) is 5.56 Å². The standard InChI is InChI=1S/C18H16N4OS/c1-12-16(11-24-13-7-3-2-4-8-13)21-22(17(12)23)18-19-14-9-5-6-10-15(14)20-18/h2-10,21H,11H2,1H3,(H,19,20). The summed E-state index contributed by atoms with van der Waals surface area (Å²) in [5, 5.41) is 3.19. The van der Waals surface area contributed by atoms with Crippen LogP contribution < -0.4 is 5.56 Å². The van der Waals surface area contributed by atoms with Crippen LogP contribution in [0.2, 0.25) is 0 Å². The van der Waals surface area contributed by atoms with E-state index in [9.17, 15) is 4.79 Å². The fourth-order valence-electron chi connectivity index (χ4n) is 2.57. The second kappa shape index (κ2) is 6.05. The van der Waals surface area contributed by atoms with Gasteiger partial charge < -0.3 is 4.98 Å². The second-order valence-corrected chi connectivity index (χ2v) is 6.58. The first kappa shape index (κ1) is 14.8. The predicted octanol–water partition coefficient (Wildman–Crippen LogP) is 3.64. The summed E-state index contributed by atoms with van der Waals surface area (Å²) in [6.07, 6.45) is 0. The van der Waals surface area contributed by atoms with Crippen LogP contribution in [0.15, 0.2) is 64.3 Å². The average molecular weight is 336 g/mol. The molecule has 4 rings (SSSR count). The summed E-state index contributed by atoms with van der Waals surface area (Å²) in [6.45, 7) is 1.85. The number of benzene rings is 2. The fourth-order valence-corrected chi connectivity index (χ4v) is 3.52. The lowest BCUT2D eigenvalue weighted by Gasteiger charge is -2.00. The molecule has 0 unspecified atom stereocenters. The molecule has 24 heavy (non-hydrogen) atoms. The summed E-state index contributed by atoms with van der Waals surface area (Å²) in [5.41, 5.74) is 3.31. The molecule has 2 heterocycles. The van der Waals surface area contributed by atoms with Crippen molar-refractivity contribution in [3.05, 3.63) is 76.2 Å². The zero-order chi connectivity index (χ0) is 16.5. The van der Waals surface area contributed by atoms with Gasteiger partial charge >= 0.3 is 0 Å². The first-order valence-corrected chi connectivity index (χ1v) is 8.64. The summed E-state index contributed by atoms with van der Waals surface area (Å²) >= 11 is 1.70. The zero-order valence-corrected chi connectivity index (χ0v) is 13.9. The largest absolute Gasteiger partial charge is 0.322 e. The van der Waals surface area contributed by atoms with Gasteiger partial charge in [0.05, 0.1) is 16.7 Å². The number of H-pyrrole nitrogens is 2. The number of hydrogen-bond donors (Lipinski definition) is 2. The van der Waals surface area contributed by atoms with Gasteiger partial charge in [-0.2, -0.15) is 4.68 Å². The molecule has 0 bridgehead atoms. The molecular weight excluding hydrogens is 320 g/mol. The maximum Gasteiger partial charge on any atom is 0.277 e. The number of aromatic amines is 2. The Morgan fingerprint density at radius 3 is 2.62 bits per heavy atom. The van der Waals surface area contributed by atoms with E-state index in [0.29, 0.717) is 11.7 Å². The number of fused-ring (bicyclic) bond motifs is 1. The fraction of sp³-hybridized carbons (Fsp3) is 0.111. The Morgan fingerprint density at radius 1 is 1.08 bits per heavy atom. The van der Waals surface area contributed by atoms with Crippen LogP contribution in [-0.4, -0.2) is 19.7 Å². The molecule has 0 amide bonds. The van der Waals surface area contributed by atoms with E-state index in [1.54, 1.807) is 11.8 Å². The average Bonchev–Trinajstić information content (AvgIpc) is 3.16. The van der Waals surface area contributed by atoms with Crippen molar-refractivity contribution in [1.29, 1.82) is 0 Å². The summed E-state index contributed by atoms with van der Waals surface area (Å²) in [6, 6.07) is 17.9. The summed E-state index contributed by atoms with van der Waals surface area (Å²) in [5.74, 6) is 1.22. The van der Waals surface area contributed by atoms with Crippen molar-refractivity contribution in [2.45, 2.75) is 17.6 Å². The van der Waals surface area contributed by atoms with Crippen LogP contribution in [-0.2, 0) is 5.75 Å². The lowest BCUT2D eigenvalue weighted by Crippen LogP contribution is -2.16. The Balaban J connectivity index is 1.66. The predicted molar refractivity (Wildman–Crippen MR) is 96.8 cm³/mol. The minimum atomic E-state index is -0.0716. The number of nitrogens with one attached hydrogen (secondary N) is 2. The summed E-state index contributed by atoms with van der Waals surface area (Å²) in [4.78, 5) is 21.4.